The van der Waals surface area contributed by atoms with Crippen molar-refractivity contribution in [1.82, 2.24) is 9.80 Å². The highest BCUT2D eigenvalue weighted by Crippen LogP contribution is 2.19. The van der Waals surface area contributed by atoms with Crippen molar-refractivity contribution in [2.45, 2.75) is 45.7 Å². The second kappa shape index (κ2) is 9.19. The van der Waals surface area contributed by atoms with Crippen LogP contribution in [0, 0.1) is 0 Å². The van der Waals surface area contributed by atoms with Gasteiger partial charge in [-0.15, -0.1) is 0 Å². The van der Waals surface area contributed by atoms with Crippen LogP contribution in [-0.4, -0.2) is 49.6 Å². The molecule has 0 spiro atoms. The summed E-state index contributed by atoms with van der Waals surface area (Å²) in [6.45, 7) is 9.92. The zero-order valence-corrected chi connectivity index (χ0v) is 14.5. The van der Waals surface area contributed by atoms with Crippen LogP contribution in [0.15, 0.2) is 24.3 Å². The van der Waals surface area contributed by atoms with Gasteiger partial charge in [0.1, 0.15) is 0 Å². The molecule has 0 saturated carbocycles. The van der Waals surface area contributed by atoms with Crippen molar-refractivity contribution in [3.8, 4) is 0 Å². The second-order valence-electron chi connectivity index (χ2n) is 6.20. The summed E-state index contributed by atoms with van der Waals surface area (Å²) in [6.07, 6.45) is 2.25. The molecule has 2 N–H and O–H groups in total. The van der Waals surface area contributed by atoms with Crippen LogP contribution in [0.25, 0.3) is 0 Å². The third kappa shape index (κ3) is 5.77. The van der Waals surface area contributed by atoms with Gasteiger partial charge in [0.25, 0.3) is 0 Å². The van der Waals surface area contributed by atoms with E-state index < -0.39 is 0 Å². The predicted molar refractivity (Wildman–Crippen MR) is 92.6 cm³/mol. The van der Waals surface area contributed by atoms with Crippen molar-refractivity contribution in [3.63, 3.8) is 0 Å². The van der Waals surface area contributed by atoms with Gasteiger partial charge in [-0.05, 0) is 51.5 Å². The molecule has 0 aliphatic rings. The van der Waals surface area contributed by atoms with Crippen LogP contribution in [0.4, 0.5) is 0 Å². The fourth-order valence-electron chi connectivity index (χ4n) is 2.62. The van der Waals surface area contributed by atoms with E-state index in [1.54, 1.807) is 0 Å². The highest BCUT2D eigenvalue weighted by Gasteiger charge is 2.21. The number of aryl methyl sites for hydroxylation is 1. The highest BCUT2D eigenvalue weighted by molar-refractivity contribution is 5.25. The molecular formula is C18H33N3. The number of nitrogens with two attached hydrogens (primary N) is 1. The van der Waals surface area contributed by atoms with Crippen LogP contribution < -0.4 is 5.73 Å². The number of hydrogen-bond donors (Lipinski definition) is 1. The summed E-state index contributed by atoms with van der Waals surface area (Å²) in [6, 6.07) is 9.21. The fourth-order valence-corrected chi connectivity index (χ4v) is 2.62. The Bertz CT molecular complexity index is 386. The maximum atomic E-state index is 6.51. The SMILES string of the molecule is CCCN(CCN(C)C)C(C)C(N)c1ccc(CC)cc1. The van der Waals surface area contributed by atoms with Crippen LogP contribution in [0.1, 0.15) is 44.4 Å². The molecule has 21 heavy (non-hydrogen) atoms. The van der Waals surface area contributed by atoms with Crippen LogP contribution in [0.2, 0.25) is 0 Å². The van der Waals surface area contributed by atoms with E-state index in [1.807, 2.05) is 0 Å². The Kier molecular flexibility index (Phi) is 7.94. The maximum absolute atomic E-state index is 6.51. The zero-order valence-electron chi connectivity index (χ0n) is 14.5. The predicted octanol–water partition coefficient (Wildman–Crippen LogP) is 2.91. The third-order valence-corrected chi connectivity index (χ3v) is 4.21. The van der Waals surface area contributed by atoms with Gasteiger partial charge in [-0.1, -0.05) is 38.1 Å². The highest BCUT2D eigenvalue weighted by atomic mass is 15.2. The zero-order chi connectivity index (χ0) is 15.8. The molecule has 2 atom stereocenters. The first-order chi connectivity index (χ1) is 9.99. The first-order valence-electron chi connectivity index (χ1n) is 8.22. The van der Waals surface area contributed by atoms with Gasteiger partial charge >= 0.3 is 0 Å². The Hall–Kier alpha value is -0.900. The molecule has 1 aromatic carbocycles. The Morgan fingerprint density at radius 1 is 1.00 bits per heavy atom. The molecule has 1 aromatic rings. The quantitative estimate of drug-likeness (QED) is 0.759. The minimum absolute atomic E-state index is 0.0737. The summed E-state index contributed by atoms with van der Waals surface area (Å²) < 4.78 is 0. The number of nitrogens with zero attached hydrogens (tertiary/aromatic N) is 2. The van der Waals surface area contributed by atoms with Crippen LogP contribution >= 0.6 is 0 Å². The van der Waals surface area contributed by atoms with Crippen molar-refractivity contribution in [2.75, 3.05) is 33.7 Å². The van der Waals surface area contributed by atoms with Gasteiger partial charge in [0.15, 0.2) is 0 Å². The molecular weight excluding hydrogens is 258 g/mol. The molecule has 0 radical (unpaired) electrons. The first-order valence-corrected chi connectivity index (χ1v) is 8.22. The molecule has 120 valence electrons. The Morgan fingerprint density at radius 3 is 2.10 bits per heavy atom. The lowest BCUT2D eigenvalue weighted by Crippen LogP contribution is -2.44. The van der Waals surface area contributed by atoms with E-state index in [-0.39, 0.29) is 6.04 Å². The summed E-state index contributed by atoms with van der Waals surface area (Å²) >= 11 is 0. The second-order valence-corrected chi connectivity index (χ2v) is 6.20. The van der Waals surface area contributed by atoms with Gasteiger partial charge in [-0.25, -0.2) is 0 Å². The summed E-state index contributed by atoms with van der Waals surface area (Å²) in [5, 5.41) is 0. The van der Waals surface area contributed by atoms with Crippen LogP contribution in [-0.2, 0) is 6.42 Å². The number of rotatable bonds is 9. The smallest absolute Gasteiger partial charge is 0.0450 e. The molecule has 0 amide bonds. The van der Waals surface area contributed by atoms with E-state index in [0.717, 1.165) is 26.1 Å². The largest absolute Gasteiger partial charge is 0.323 e. The Morgan fingerprint density at radius 2 is 1.62 bits per heavy atom. The molecule has 0 aliphatic heterocycles. The minimum atomic E-state index is 0.0737. The van der Waals surface area contributed by atoms with E-state index in [2.05, 4.69) is 68.9 Å². The fraction of sp³-hybridized carbons (Fsp3) is 0.667. The Balaban J connectivity index is 2.72. The lowest BCUT2D eigenvalue weighted by Gasteiger charge is -2.34. The standard InChI is InChI=1S/C18H33N3/c1-6-12-21(14-13-20(4)5)15(3)18(19)17-10-8-16(7-2)9-11-17/h8-11,15,18H,6-7,12-14,19H2,1-5H3. The molecule has 0 aliphatic carbocycles. The van der Waals surface area contributed by atoms with Gasteiger partial charge < -0.3 is 10.6 Å². The molecule has 0 saturated heterocycles. The monoisotopic (exact) mass is 291 g/mol. The molecule has 1 rings (SSSR count). The molecule has 0 aromatic heterocycles. The van der Waals surface area contributed by atoms with Crippen molar-refractivity contribution >= 4 is 0 Å². The van der Waals surface area contributed by atoms with Crippen LogP contribution in [0.5, 0.6) is 0 Å². The number of benzene rings is 1. The average molecular weight is 291 g/mol. The van der Waals surface area contributed by atoms with E-state index in [9.17, 15) is 0 Å². The van der Waals surface area contributed by atoms with Gasteiger partial charge in [0.2, 0.25) is 0 Å². The van der Waals surface area contributed by atoms with E-state index >= 15 is 0 Å². The summed E-state index contributed by atoms with van der Waals surface area (Å²) in [4.78, 5) is 4.75. The van der Waals surface area contributed by atoms with Gasteiger partial charge in [0.05, 0.1) is 0 Å². The molecule has 0 heterocycles. The van der Waals surface area contributed by atoms with E-state index in [1.165, 1.54) is 17.5 Å². The van der Waals surface area contributed by atoms with Crippen molar-refractivity contribution in [2.24, 2.45) is 5.73 Å². The topological polar surface area (TPSA) is 32.5 Å². The molecule has 2 unspecified atom stereocenters. The van der Waals surface area contributed by atoms with E-state index in [0.29, 0.717) is 6.04 Å². The van der Waals surface area contributed by atoms with Crippen molar-refractivity contribution < 1.29 is 0 Å². The maximum Gasteiger partial charge on any atom is 0.0450 e. The first kappa shape index (κ1) is 18.1. The van der Waals surface area contributed by atoms with Crippen molar-refractivity contribution in [3.05, 3.63) is 35.4 Å². The van der Waals surface area contributed by atoms with Gasteiger partial charge in [0, 0.05) is 25.2 Å². The number of likely N-dealkylation sites (N-methyl/N-ethyl adjacent to an activating group) is 1. The molecule has 0 fully saturated rings. The summed E-state index contributed by atoms with van der Waals surface area (Å²) in [5.74, 6) is 0. The lowest BCUT2D eigenvalue weighted by atomic mass is 9.98. The molecule has 0 bridgehead atoms. The number of hydrogen-bond acceptors (Lipinski definition) is 3. The summed E-state index contributed by atoms with van der Waals surface area (Å²) in [5.41, 5.74) is 9.13. The van der Waals surface area contributed by atoms with Crippen LogP contribution in [0.3, 0.4) is 0 Å². The van der Waals surface area contributed by atoms with E-state index in [4.69, 9.17) is 5.73 Å². The van der Waals surface area contributed by atoms with Crippen molar-refractivity contribution in [1.29, 1.82) is 0 Å². The van der Waals surface area contributed by atoms with Gasteiger partial charge in [-0.2, -0.15) is 0 Å². The lowest BCUT2D eigenvalue weighted by molar-refractivity contribution is 0.168. The minimum Gasteiger partial charge on any atom is -0.323 e. The normalized spacial score (nSPS) is 14.7. The average Bonchev–Trinajstić information content (AvgIpc) is 2.50. The Labute approximate surface area is 131 Å². The molecule has 3 heteroatoms. The van der Waals surface area contributed by atoms with Gasteiger partial charge in [-0.3, -0.25) is 4.90 Å². The molecule has 3 nitrogen and oxygen atoms in total. The summed E-state index contributed by atoms with van der Waals surface area (Å²) in [7, 11) is 4.25. The third-order valence-electron chi connectivity index (χ3n) is 4.21.